The summed E-state index contributed by atoms with van der Waals surface area (Å²) in [7, 11) is 0. The van der Waals surface area contributed by atoms with E-state index in [1.807, 2.05) is 12.2 Å². The van der Waals surface area contributed by atoms with Gasteiger partial charge in [-0.3, -0.25) is 5.41 Å². The van der Waals surface area contributed by atoms with Gasteiger partial charge in [0.05, 0.1) is 0 Å². The summed E-state index contributed by atoms with van der Waals surface area (Å²) in [6, 6.07) is 0. The molecular formula is C6H6N+. The van der Waals surface area contributed by atoms with E-state index < -0.39 is 0 Å². The van der Waals surface area contributed by atoms with Crippen molar-refractivity contribution >= 4 is 5.71 Å². The Kier molecular flexibility index (Phi) is 1.07. The Labute approximate surface area is 42.9 Å². The van der Waals surface area contributed by atoms with E-state index in [9.17, 15) is 0 Å². The SMILES string of the molecule is [NH2+]=C1[C]C=CC=C1. The molecule has 0 aromatic rings. The average Bonchev–Trinajstić information content (AvgIpc) is 1.69. The van der Waals surface area contributed by atoms with Crippen molar-refractivity contribution < 1.29 is 5.41 Å². The lowest BCUT2D eigenvalue weighted by atomic mass is 10.2. The van der Waals surface area contributed by atoms with E-state index in [4.69, 9.17) is 5.41 Å². The molecule has 34 valence electrons. The Morgan fingerprint density at radius 2 is 2.29 bits per heavy atom. The van der Waals surface area contributed by atoms with E-state index in [1.165, 1.54) is 0 Å². The third kappa shape index (κ3) is 1.000. The van der Waals surface area contributed by atoms with Gasteiger partial charge >= 0.3 is 0 Å². The van der Waals surface area contributed by atoms with Crippen molar-refractivity contribution in [2.24, 2.45) is 0 Å². The van der Waals surface area contributed by atoms with Gasteiger partial charge in [-0.1, -0.05) is 18.2 Å². The molecule has 1 rings (SSSR count). The fourth-order valence-corrected chi connectivity index (χ4v) is 0.407. The molecule has 0 amide bonds. The van der Waals surface area contributed by atoms with Gasteiger partial charge in [-0.2, -0.15) is 0 Å². The fourth-order valence-electron chi connectivity index (χ4n) is 0.407. The predicted octanol–water partition coefficient (Wildman–Crippen LogP) is -0.606. The zero-order valence-electron chi connectivity index (χ0n) is 3.89. The van der Waals surface area contributed by atoms with Gasteiger partial charge in [0.1, 0.15) is 6.42 Å². The van der Waals surface area contributed by atoms with Crippen molar-refractivity contribution in [2.45, 2.75) is 0 Å². The van der Waals surface area contributed by atoms with E-state index in [0.717, 1.165) is 0 Å². The number of nitrogens with two attached hydrogens (primary N) is 1. The van der Waals surface area contributed by atoms with Crippen LogP contribution in [0.4, 0.5) is 0 Å². The minimum atomic E-state index is 0.697. The van der Waals surface area contributed by atoms with Gasteiger partial charge < -0.3 is 0 Å². The van der Waals surface area contributed by atoms with Crippen LogP contribution in [0.25, 0.3) is 0 Å². The Morgan fingerprint density at radius 3 is 2.57 bits per heavy atom. The molecule has 0 saturated carbocycles. The molecule has 7 heavy (non-hydrogen) atoms. The zero-order chi connectivity index (χ0) is 5.11. The molecule has 1 aliphatic rings. The molecule has 0 atom stereocenters. The summed E-state index contributed by atoms with van der Waals surface area (Å²) in [5.74, 6) is 0. The highest BCUT2D eigenvalue weighted by Crippen LogP contribution is 1.90. The molecule has 0 saturated heterocycles. The Hall–Kier alpha value is -0.850. The lowest BCUT2D eigenvalue weighted by Gasteiger charge is -1.85. The molecular weight excluding hydrogens is 86.1 g/mol. The molecule has 2 N–H and O–H groups in total. The fraction of sp³-hybridized carbons (Fsp3) is 0. The van der Waals surface area contributed by atoms with Crippen LogP contribution in [0, 0.1) is 6.42 Å². The van der Waals surface area contributed by atoms with E-state index in [2.05, 4.69) is 6.42 Å². The molecule has 1 heteroatoms. The van der Waals surface area contributed by atoms with Crippen LogP contribution in [0.1, 0.15) is 0 Å². The van der Waals surface area contributed by atoms with Crippen molar-refractivity contribution in [3.63, 3.8) is 0 Å². The van der Waals surface area contributed by atoms with Gasteiger partial charge in [0.15, 0.2) is 5.71 Å². The van der Waals surface area contributed by atoms with Gasteiger partial charge in [0.25, 0.3) is 0 Å². The summed E-state index contributed by atoms with van der Waals surface area (Å²) in [5.41, 5.74) is 0.697. The second-order valence-corrected chi connectivity index (χ2v) is 1.32. The summed E-state index contributed by atoms with van der Waals surface area (Å²) in [4.78, 5) is 0. The molecule has 0 heterocycles. The Morgan fingerprint density at radius 1 is 1.43 bits per heavy atom. The molecule has 0 aromatic heterocycles. The normalized spacial score (nSPS) is 18.0. The van der Waals surface area contributed by atoms with Crippen molar-refractivity contribution in [1.29, 1.82) is 0 Å². The van der Waals surface area contributed by atoms with Crippen molar-refractivity contribution in [3.8, 4) is 0 Å². The van der Waals surface area contributed by atoms with Crippen LogP contribution in [0.15, 0.2) is 24.3 Å². The highest BCUT2D eigenvalue weighted by atomic mass is 14.4. The maximum absolute atomic E-state index is 5.30. The van der Waals surface area contributed by atoms with E-state index in [0.29, 0.717) is 5.71 Å². The number of allylic oxidation sites excluding steroid dienone is 4. The first kappa shape index (κ1) is 4.31. The summed E-state index contributed by atoms with van der Waals surface area (Å²) in [6.45, 7) is 0. The van der Waals surface area contributed by atoms with Gasteiger partial charge in [0.2, 0.25) is 0 Å². The van der Waals surface area contributed by atoms with E-state index in [1.54, 1.807) is 12.2 Å². The van der Waals surface area contributed by atoms with Crippen molar-refractivity contribution in [1.82, 2.24) is 0 Å². The molecule has 1 nitrogen and oxygen atoms in total. The highest BCUT2D eigenvalue weighted by molar-refractivity contribution is 5.99. The minimum Gasteiger partial charge on any atom is -0.257 e. The quantitative estimate of drug-likeness (QED) is 0.412. The van der Waals surface area contributed by atoms with Crippen LogP contribution in [-0.4, -0.2) is 5.71 Å². The first-order valence-electron chi connectivity index (χ1n) is 2.12. The summed E-state index contributed by atoms with van der Waals surface area (Å²) in [5, 5.41) is 5.30. The van der Waals surface area contributed by atoms with Gasteiger partial charge in [-0.25, -0.2) is 0 Å². The molecule has 0 aliphatic heterocycles. The maximum atomic E-state index is 5.30. The van der Waals surface area contributed by atoms with E-state index in [-0.39, 0.29) is 0 Å². The Bertz CT molecular complexity index is 131. The number of hydrogen-bond donors (Lipinski definition) is 1. The lowest BCUT2D eigenvalue weighted by Crippen LogP contribution is -2.38. The lowest BCUT2D eigenvalue weighted by molar-refractivity contribution is -0.111. The van der Waals surface area contributed by atoms with Crippen molar-refractivity contribution in [2.75, 3.05) is 0 Å². The average molecular weight is 92.1 g/mol. The van der Waals surface area contributed by atoms with Crippen molar-refractivity contribution in [3.05, 3.63) is 30.7 Å². The van der Waals surface area contributed by atoms with Crippen LogP contribution >= 0.6 is 0 Å². The zero-order valence-corrected chi connectivity index (χ0v) is 3.89. The second-order valence-electron chi connectivity index (χ2n) is 1.32. The van der Waals surface area contributed by atoms with Gasteiger partial charge in [-0.15, -0.1) is 0 Å². The molecule has 0 aromatic carbocycles. The third-order valence-electron chi connectivity index (χ3n) is 0.733. The number of rotatable bonds is 0. The van der Waals surface area contributed by atoms with Crippen LogP contribution in [0.5, 0.6) is 0 Å². The van der Waals surface area contributed by atoms with Gasteiger partial charge in [-0.05, 0) is 0 Å². The molecule has 0 fully saturated rings. The van der Waals surface area contributed by atoms with Crippen LogP contribution in [0.2, 0.25) is 0 Å². The largest absolute Gasteiger partial charge is 0.257 e. The standard InChI is InChI=1S/C6H5N/c7-6-4-2-1-3-5-6/h1-4,7H/p+1. The summed E-state index contributed by atoms with van der Waals surface area (Å²) in [6.07, 6.45) is 10.2. The third-order valence-corrected chi connectivity index (χ3v) is 0.733. The minimum absolute atomic E-state index is 0.697. The smallest absolute Gasteiger partial charge is 0.185 e. The maximum Gasteiger partial charge on any atom is 0.185 e. The molecule has 1 aliphatic carbocycles. The molecule has 0 bridgehead atoms. The predicted molar refractivity (Wildman–Crippen MR) is 28.5 cm³/mol. The Balaban J connectivity index is 2.66. The summed E-state index contributed by atoms with van der Waals surface area (Å²) < 4.78 is 0. The second kappa shape index (κ2) is 1.73. The van der Waals surface area contributed by atoms with Crippen LogP contribution in [0.3, 0.4) is 0 Å². The van der Waals surface area contributed by atoms with Crippen LogP contribution in [-0.2, 0) is 0 Å². The summed E-state index contributed by atoms with van der Waals surface area (Å²) >= 11 is 0. The van der Waals surface area contributed by atoms with Gasteiger partial charge in [0, 0.05) is 6.08 Å². The molecule has 0 spiro atoms. The highest BCUT2D eigenvalue weighted by Gasteiger charge is 1.95. The molecule has 0 unspecified atom stereocenters. The topological polar surface area (TPSA) is 25.6 Å². The molecule has 2 radical (unpaired) electrons. The first-order chi connectivity index (χ1) is 3.39. The van der Waals surface area contributed by atoms with Crippen LogP contribution < -0.4 is 5.41 Å². The first-order valence-corrected chi connectivity index (χ1v) is 2.12. The monoisotopic (exact) mass is 92.0 g/mol. The number of hydrogen-bond acceptors (Lipinski definition) is 0. The van der Waals surface area contributed by atoms with E-state index >= 15 is 0 Å².